The molecule has 0 aliphatic rings. The lowest BCUT2D eigenvalue weighted by Crippen LogP contribution is -2.51. The van der Waals surface area contributed by atoms with Crippen LogP contribution in [0.15, 0.2) is 71.6 Å². The molecule has 3 aromatic carbocycles. The molecule has 40 heavy (non-hydrogen) atoms. The van der Waals surface area contributed by atoms with Gasteiger partial charge in [-0.2, -0.15) is 0 Å². The first kappa shape index (κ1) is 31.5. The van der Waals surface area contributed by atoms with Crippen molar-refractivity contribution in [3.8, 4) is 0 Å². The highest BCUT2D eigenvalue weighted by atomic mass is 35.5. The van der Waals surface area contributed by atoms with E-state index >= 15 is 0 Å². The number of benzene rings is 3. The summed E-state index contributed by atoms with van der Waals surface area (Å²) in [6, 6.07) is 17.4. The van der Waals surface area contributed by atoms with Gasteiger partial charge in [0.2, 0.25) is 11.8 Å². The van der Waals surface area contributed by atoms with Crippen LogP contribution in [-0.4, -0.2) is 44.3 Å². The van der Waals surface area contributed by atoms with Crippen molar-refractivity contribution in [2.45, 2.75) is 52.1 Å². The number of halogens is 2. The number of nitrogens with one attached hydrogen (secondary N) is 1. The second kappa shape index (κ2) is 13.5. The number of anilines is 1. The molecule has 0 saturated carbocycles. The molecule has 3 rings (SSSR count). The second-order valence-corrected chi connectivity index (χ2v) is 12.8. The summed E-state index contributed by atoms with van der Waals surface area (Å²) in [4.78, 5) is 28.5. The van der Waals surface area contributed by atoms with Gasteiger partial charge in [-0.05, 0) is 62.6 Å². The van der Waals surface area contributed by atoms with Gasteiger partial charge in [-0.15, -0.1) is 0 Å². The molecule has 1 N–H and O–H groups in total. The minimum atomic E-state index is -4.15. The van der Waals surface area contributed by atoms with Crippen molar-refractivity contribution in [2.24, 2.45) is 5.92 Å². The van der Waals surface area contributed by atoms with E-state index in [2.05, 4.69) is 5.32 Å². The largest absolute Gasteiger partial charge is 0.354 e. The highest BCUT2D eigenvalue weighted by molar-refractivity contribution is 7.92. The average molecular weight is 605 g/mol. The maximum atomic E-state index is 14.0. The van der Waals surface area contributed by atoms with E-state index in [9.17, 15) is 18.0 Å². The van der Waals surface area contributed by atoms with E-state index in [-0.39, 0.29) is 23.3 Å². The van der Waals surface area contributed by atoms with Gasteiger partial charge in [-0.3, -0.25) is 13.9 Å². The molecule has 0 aliphatic carbocycles. The summed E-state index contributed by atoms with van der Waals surface area (Å²) in [6.45, 7) is 8.98. The van der Waals surface area contributed by atoms with Gasteiger partial charge in [-0.25, -0.2) is 8.42 Å². The minimum Gasteiger partial charge on any atom is -0.354 e. The third kappa shape index (κ3) is 7.56. The molecule has 0 radical (unpaired) electrons. The third-order valence-corrected chi connectivity index (χ3v) is 9.00. The molecular weight excluding hydrogens is 569 g/mol. The zero-order chi connectivity index (χ0) is 29.6. The molecule has 0 aromatic heterocycles. The van der Waals surface area contributed by atoms with Gasteiger partial charge >= 0.3 is 0 Å². The Balaban J connectivity index is 2.06. The maximum absolute atomic E-state index is 14.0. The SMILES string of the molecule is Cc1ccc(S(=O)(=O)N(CC(=O)N(Cc2c(Cl)cccc2Cl)[C@H](C)C(=O)NCC(C)C)c2ccccc2C)cc1. The Labute approximate surface area is 247 Å². The number of nitrogens with zero attached hydrogens (tertiary/aromatic N) is 2. The van der Waals surface area contributed by atoms with Gasteiger partial charge < -0.3 is 10.2 Å². The van der Waals surface area contributed by atoms with Gasteiger partial charge in [0.15, 0.2) is 0 Å². The van der Waals surface area contributed by atoms with Crippen LogP contribution in [0, 0.1) is 19.8 Å². The Hall–Kier alpha value is -3.07. The summed E-state index contributed by atoms with van der Waals surface area (Å²) in [5.74, 6) is -0.745. The maximum Gasteiger partial charge on any atom is 0.264 e. The Morgan fingerprint density at radius 1 is 0.875 bits per heavy atom. The van der Waals surface area contributed by atoms with Crippen LogP contribution in [0.1, 0.15) is 37.5 Å². The van der Waals surface area contributed by atoms with Gasteiger partial charge in [0, 0.05) is 28.7 Å². The number of para-hydroxylation sites is 1. The van der Waals surface area contributed by atoms with Gasteiger partial charge in [0.25, 0.3) is 10.0 Å². The molecule has 2 amide bonds. The van der Waals surface area contributed by atoms with Crippen LogP contribution < -0.4 is 9.62 Å². The second-order valence-electron chi connectivity index (χ2n) is 10.1. The molecule has 1 atom stereocenters. The number of sulfonamides is 1. The number of carbonyl (C=O) groups is 2. The van der Waals surface area contributed by atoms with Gasteiger partial charge in [-0.1, -0.05) is 79.0 Å². The first-order valence-electron chi connectivity index (χ1n) is 13.0. The summed E-state index contributed by atoms with van der Waals surface area (Å²) < 4.78 is 29.0. The predicted molar refractivity (Wildman–Crippen MR) is 161 cm³/mol. The molecule has 0 saturated heterocycles. The summed E-state index contributed by atoms with van der Waals surface area (Å²) >= 11 is 12.8. The Kier molecular flexibility index (Phi) is 10.6. The minimum absolute atomic E-state index is 0.0533. The van der Waals surface area contributed by atoms with Crippen LogP contribution in [0.3, 0.4) is 0 Å². The van der Waals surface area contributed by atoms with E-state index < -0.39 is 28.5 Å². The highest BCUT2D eigenvalue weighted by Crippen LogP contribution is 2.29. The van der Waals surface area contributed by atoms with Gasteiger partial charge in [0.1, 0.15) is 12.6 Å². The van der Waals surface area contributed by atoms with Crippen LogP contribution in [-0.2, 0) is 26.2 Å². The van der Waals surface area contributed by atoms with Crippen molar-refractivity contribution in [3.63, 3.8) is 0 Å². The van der Waals surface area contributed by atoms with Crippen molar-refractivity contribution in [1.29, 1.82) is 0 Å². The molecule has 7 nitrogen and oxygen atoms in total. The first-order valence-corrected chi connectivity index (χ1v) is 15.2. The number of amides is 2. The summed E-state index contributed by atoms with van der Waals surface area (Å²) in [7, 11) is -4.15. The topological polar surface area (TPSA) is 86.8 Å². The molecule has 0 fully saturated rings. The Morgan fingerprint density at radius 2 is 1.48 bits per heavy atom. The molecule has 0 aliphatic heterocycles. The standard InChI is InChI=1S/C30H35Cl2N3O4S/c1-20(2)17-33-30(37)23(5)34(18-25-26(31)10-8-11-27(25)32)29(36)19-35(28-12-7-6-9-22(28)4)40(38,39)24-15-13-21(3)14-16-24/h6-16,20,23H,17-19H2,1-5H3,(H,33,37)/t23-/m1/s1. The van der Waals surface area contributed by atoms with E-state index in [1.54, 1.807) is 68.4 Å². The number of hydrogen-bond acceptors (Lipinski definition) is 4. The fraction of sp³-hybridized carbons (Fsp3) is 0.333. The van der Waals surface area contributed by atoms with Crippen molar-refractivity contribution in [1.82, 2.24) is 10.2 Å². The van der Waals surface area contributed by atoms with Crippen molar-refractivity contribution in [2.75, 3.05) is 17.4 Å². The van der Waals surface area contributed by atoms with Crippen LogP contribution in [0.4, 0.5) is 5.69 Å². The zero-order valence-electron chi connectivity index (χ0n) is 23.3. The molecule has 10 heteroatoms. The Bertz CT molecular complexity index is 1440. The first-order chi connectivity index (χ1) is 18.8. The third-order valence-electron chi connectivity index (χ3n) is 6.51. The Morgan fingerprint density at radius 3 is 2.05 bits per heavy atom. The summed E-state index contributed by atoms with van der Waals surface area (Å²) in [5.41, 5.74) is 2.41. The van der Waals surface area contributed by atoms with E-state index in [1.807, 2.05) is 20.8 Å². The molecule has 214 valence electrons. The lowest BCUT2D eigenvalue weighted by molar-refractivity contribution is -0.139. The number of rotatable bonds is 11. The number of hydrogen-bond donors (Lipinski definition) is 1. The predicted octanol–water partition coefficient (Wildman–Crippen LogP) is 6.00. The lowest BCUT2D eigenvalue weighted by atomic mass is 10.1. The van der Waals surface area contributed by atoms with E-state index in [0.29, 0.717) is 33.4 Å². The quantitative estimate of drug-likeness (QED) is 0.291. The van der Waals surface area contributed by atoms with Crippen LogP contribution >= 0.6 is 23.2 Å². The smallest absolute Gasteiger partial charge is 0.264 e. The average Bonchev–Trinajstić information content (AvgIpc) is 2.90. The van der Waals surface area contributed by atoms with E-state index in [0.717, 1.165) is 9.87 Å². The summed E-state index contributed by atoms with van der Waals surface area (Å²) in [6.07, 6.45) is 0. The van der Waals surface area contributed by atoms with Crippen LogP contribution in [0.2, 0.25) is 10.0 Å². The lowest BCUT2D eigenvalue weighted by Gasteiger charge is -2.33. The molecule has 0 heterocycles. The van der Waals surface area contributed by atoms with Crippen LogP contribution in [0.25, 0.3) is 0 Å². The molecule has 0 bridgehead atoms. The van der Waals surface area contributed by atoms with Crippen molar-refractivity contribution < 1.29 is 18.0 Å². The fourth-order valence-electron chi connectivity index (χ4n) is 4.08. The highest BCUT2D eigenvalue weighted by Gasteiger charge is 2.33. The van der Waals surface area contributed by atoms with Gasteiger partial charge in [0.05, 0.1) is 10.6 Å². The normalized spacial score (nSPS) is 12.2. The molecular formula is C30H35Cl2N3O4S. The van der Waals surface area contributed by atoms with E-state index in [4.69, 9.17) is 23.2 Å². The zero-order valence-corrected chi connectivity index (χ0v) is 25.6. The van der Waals surface area contributed by atoms with Crippen molar-refractivity contribution >= 4 is 50.7 Å². The summed E-state index contributed by atoms with van der Waals surface area (Å²) in [5, 5.41) is 3.53. The monoisotopic (exact) mass is 603 g/mol. The molecule has 3 aromatic rings. The molecule has 0 unspecified atom stereocenters. The molecule has 0 spiro atoms. The van der Waals surface area contributed by atoms with Crippen LogP contribution in [0.5, 0.6) is 0 Å². The van der Waals surface area contributed by atoms with E-state index in [1.165, 1.54) is 17.0 Å². The number of carbonyl (C=O) groups excluding carboxylic acids is 2. The number of aryl methyl sites for hydroxylation is 2. The fourth-order valence-corrected chi connectivity index (χ4v) is 6.08. The van der Waals surface area contributed by atoms with Crippen molar-refractivity contribution in [3.05, 3.63) is 93.5 Å².